The van der Waals surface area contributed by atoms with Crippen LogP contribution < -0.4 is 14.2 Å². The number of hydrogen-bond donors (Lipinski definition) is 0. The minimum atomic E-state index is -0.485. The zero-order valence-corrected chi connectivity index (χ0v) is 13.7. The van der Waals surface area contributed by atoms with Crippen molar-refractivity contribution in [1.29, 1.82) is 0 Å². The van der Waals surface area contributed by atoms with Gasteiger partial charge in [-0.15, -0.1) is 0 Å². The normalized spacial score (nSPS) is 10.6. The standard InChI is InChI=1S/C19H20O5/c1-21-14-23-17-12-11-16(22-2)13-18(17)24-19(20)10-6-9-15-7-4-3-5-8-15/h3-8,10-13H,9,14H2,1-2H3. The fourth-order valence-electron chi connectivity index (χ4n) is 1.98. The van der Waals surface area contributed by atoms with Crippen LogP contribution >= 0.6 is 0 Å². The van der Waals surface area contributed by atoms with Crippen LogP contribution in [0.4, 0.5) is 0 Å². The van der Waals surface area contributed by atoms with Crippen LogP contribution in [0.3, 0.4) is 0 Å². The molecule has 0 aliphatic rings. The largest absolute Gasteiger partial charge is 0.497 e. The van der Waals surface area contributed by atoms with Crippen LogP contribution in [0.1, 0.15) is 5.56 Å². The Morgan fingerprint density at radius 2 is 1.83 bits per heavy atom. The number of esters is 1. The molecule has 0 bridgehead atoms. The Morgan fingerprint density at radius 3 is 2.54 bits per heavy atom. The molecule has 5 heteroatoms. The Labute approximate surface area is 141 Å². The quantitative estimate of drug-likeness (QED) is 0.322. The second kappa shape index (κ2) is 9.37. The number of rotatable bonds is 8. The molecule has 0 aliphatic carbocycles. The van der Waals surface area contributed by atoms with E-state index in [1.54, 1.807) is 24.3 Å². The first-order chi connectivity index (χ1) is 11.7. The Bertz CT molecular complexity index is 679. The molecule has 0 fully saturated rings. The summed E-state index contributed by atoms with van der Waals surface area (Å²) in [5, 5.41) is 0. The number of allylic oxidation sites excluding steroid dienone is 1. The van der Waals surface area contributed by atoms with E-state index in [0.29, 0.717) is 17.9 Å². The summed E-state index contributed by atoms with van der Waals surface area (Å²) in [4.78, 5) is 12.0. The fourth-order valence-corrected chi connectivity index (χ4v) is 1.98. The summed E-state index contributed by atoms with van der Waals surface area (Å²) in [6, 6.07) is 14.8. The van der Waals surface area contributed by atoms with E-state index in [1.165, 1.54) is 20.3 Å². The molecule has 2 rings (SSSR count). The van der Waals surface area contributed by atoms with Gasteiger partial charge in [-0.1, -0.05) is 36.4 Å². The minimum absolute atomic E-state index is 0.0563. The minimum Gasteiger partial charge on any atom is -0.497 e. The van der Waals surface area contributed by atoms with Crippen molar-refractivity contribution in [3.63, 3.8) is 0 Å². The van der Waals surface area contributed by atoms with Gasteiger partial charge >= 0.3 is 5.97 Å². The first-order valence-electron chi connectivity index (χ1n) is 7.45. The zero-order chi connectivity index (χ0) is 17.2. The third-order valence-electron chi connectivity index (χ3n) is 3.14. The molecule has 0 aromatic heterocycles. The molecule has 2 aromatic rings. The summed E-state index contributed by atoms with van der Waals surface area (Å²) >= 11 is 0. The Balaban J connectivity index is 2.01. The average molecular weight is 328 g/mol. The molecule has 0 aliphatic heterocycles. The van der Waals surface area contributed by atoms with Crippen molar-refractivity contribution in [2.75, 3.05) is 21.0 Å². The van der Waals surface area contributed by atoms with Crippen molar-refractivity contribution in [2.45, 2.75) is 6.42 Å². The molecular formula is C19H20O5. The van der Waals surface area contributed by atoms with E-state index in [9.17, 15) is 4.79 Å². The van der Waals surface area contributed by atoms with E-state index < -0.39 is 5.97 Å². The maximum atomic E-state index is 12.0. The van der Waals surface area contributed by atoms with E-state index in [0.717, 1.165) is 5.56 Å². The van der Waals surface area contributed by atoms with E-state index in [-0.39, 0.29) is 12.5 Å². The second-order valence-corrected chi connectivity index (χ2v) is 4.88. The Kier molecular flexibility index (Phi) is 6.86. The number of benzene rings is 2. The fraction of sp³-hybridized carbons (Fsp3) is 0.211. The smallest absolute Gasteiger partial charge is 0.335 e. The van der Waals surface area contributed by atoms with E-state index >= 15 is 0 Å². The number of hydrogen-bond acceptors (Lipinski definition) is 5. The lowest BCUT2D eigenvalue weighted by Gasteiger charge is -2.11. The Hall–Kier alpha value is -2.79. The highest BCUT2D eigenvalue weighted by Gasteiger charge is 2.10. The van der Waals surface area contributed by atoms with Gasteiger partial charge in [0.15, 0.2) is 18.3 Å². The van der Waals surface area contributed by atoms with Gasteiger partial charge in [-0.05, 0) is 24.1 Å². The highest BCUT2D eigenvalue weighted by atomic mass is 16.7. The van der Waals surface area contributed by atoms with Crippen molar-refractivity contribution in [3.8, 4) is 17.2 Å². The summed E-state index contributed by atoms with van der Waals surface area (Å²) in [7, 11) is 3.05. The van der Waals surface area contributed by atoms with Gasteiger partial charge in [0, 0.05) is 19.3 Å². The number of methoxy groups -OCH3 is 2. The molecule has 0 N–H and O–H groups in total. The average Bonchev–Trinajstić information content (AvgIpc) is 2.61. The van der Waals surface area contributed by atoms with Crippen molar-refractivity contribution in [3.05, 3.63) is 66.2 Å². The lowest BCUT2D eigenvalue weighted by Crippen LogP contribution is -2.07. The van der Waals surface area contributed by atoms with Crippen molar-refractivity contribution in [2.24, 2.45) is 0 Å². The van der Waals surface area contributed by atoms with Gasteiger partial charge in [0.2, 0.25) is 0 Å². The molecule has 24 heavy (non-hydrogen) atoms. The number of carbonyl (C=O) groups excluding carboxylic acids is 1. The number of ether oxygens (including phenoxy) is 4. The maximum Gasteiger partial charge on any atom is 0.335 e. The third kappa shape index (κ3) is 5.44. The SMILES string of the molecule is COCOc1ccc(OC)cc1OC(=O)C=CCc1ccccc1. The van der Waals surface area contributed by atoms with Crippen molar-refractivity contribution in [1.82, 2.24) is 0 Å². The van der Waals surface area contributed by atoms with Crippen molar-refractivity contribution < 1.29 is 23.7 Å². The summed E-state index contributed by atoms with van der Waals surface area (Å²) in [5.74, 6) is 0.764. The summed E-state index contributed by atoms with van der Waals surface area (Å²) in [5.41, 5.74) is 1.12. The summed E-state index contributed by atoms with van der Waals surface area (Å²) in [6.07, 6.45) is 3.81. The van der Waals surface area contributed by atoms with E-state index in [4.69, 9.17) is 18.9 Å². The molecule has 0 spiro atoms. The summed E-state index contributed by atoms with van der Waals surface area (Å²) in [6.45, 7) is 0.0563. The van der Waals surface area contributed by atoms with Crippen LogP contribution in [-0.2, 0) is 16.0 Å². The molecule has 5 nitrogen and oxygen atoms in total. The molecule has 126 valence electrons. The monoisotopic (exact) mass is 328 g/mol. The summed E-state index contributed by atoms with van der Waals surface area (Å²) < 4.78 is 20.7. The van der Waals surface area contributed by atoms with Crippen LogP contribution in [0.25, 0.3) is 0 Å². The molecule has 0 heterocycles. The van der Waals surface area contributed by atoms with Crippen LogP contribution in [0, 0.1) is 0 Å². The molecule has 0 saturated heterocycles. The van der Waals surface area contributed by atoms with Gasteiger partial charge in [0.05, 0.1) is 7.11 Å². The Morgan fingerprint density at radius 1 is 1.04 bits per heavy atom. The lowest BCUT2D eigenvalue weighted by atomic mass is 10.1. The molecule has 2 aromatic carbocycles. The first kappa shape index (κ1) is 17.6. The van der Waals surface area contributed by atoms with E-state index in [2.05, 4.69) is 0 Å². The van der Waals surface area contributed by atoms with Crippen LogP contribution in [0.5, 0.6) is 17.2 Å². The van der Waals surface area contributed by atoms with Gasteiger partial charge < -0.3 is 18.9 Å². The first-order valence-corrected chi connectivity index (χ1v) is 7.45. The van der Waals surface area contributed by atoms with Crippen LogP contribution in [0.2, 0.25) is 0 Å². The predicted molar refractivity (Wildman–Crippen MR) is 90.4 cm³/mol. The van der Waals surface area contributed by atoms with Gasteiger partial charge in [-0.25, -0.2) is 4.79 Å². The van der Waals surface area contributed by atoms with Gasteiger partial charge in [0.1, 0.15) is 5.75 Å². The van der Waals surface area contributed by atoms with Gasteiger partial charge in [0.25, 0.3) is 0 Å². The zero-order valence-electron chi connectivity index (χ0n) is 13.7. The third-order valence-corrected chi connectivity index (χ3v) is 3.14. The van der Waals surface area contributed by atoms with Crippen LogP contribution in [0.15, 0.2) is 60.7 Å². The molecule has 0 radical (unpaired) electrons. The highest BCUT2D eigenvalue weighted by Crippen LogP contribution is 2.31. The maximum absolute atomic E-state index is 12.0. The van der Waals surface area contributed by atoms with Gasteiger partial charge in [-0.3, -0.25) is 0 Å². The molecule has 0 unspecified atom stereocenters. The molecular weight excluding hydrogens is 308 g/mol. The molecule has 0 saturated carbocycles. The predicted octanol–water partition coefficient (Wildman–Crippen LogP) is 3.38. The van der Waals surface area contributed by atoms with Gasteiger partial charge in [-0.2, -0.15) is 0 Å². The number of carbonyl (C=O) groups is 1. The second-order valence-electron chi connectivity index (χ2n) is 4.88. The highest BCUT2D eigenvalue weighted by molar-refractivity contribution is 5.84. The molecule has 0 amide bonds. The lowest BCUT2D eigenvalue weighted by molar-refractivity contribution is -0.129. The van der Waals surface area contributed by atoms with Crippen molar-refractivity contribution >= 4 is 5.97 Å². The molecule has 0 atom stereocenters. The topological polar surface area (TPSA) is 54.0 Å². The van der Waals surface area contributed by atoms with E-state index in [1.807, 2.05) is 30.3 Å². The van der Waals surface area contributed by atoms with Crippen LogP contribution in [-0.4, -0.2) is 27.0 Å².